The Balaban J connectivity index is 1.63. The molecule has 0 aromatic carbocycles. The largest absolute Gasteiger partial charge is 0.389 e. The van der Waals surface area contributed by atoms with Gasteiger partial charge in [0, 0.05) is 44.5 Å². The van der Waals surface area contributed by atoms with Crippen molar-refractivity contribution in [3.8, 4) is 0 Å². The van der Waals surface area contributed by atoms with Crippen molar-refractivity contribution in [2.75, 3.05) is 56.2 Å². The van der Waals surface area contributed by atoms with Gasteiger partial charge in [-0.15, -0.1) is 0 Å². The van der Waals surface area contributed by atoms with E-state index in [1.807, 2.05) is 13.0 Å². The number of aliphatic hydroxyl groups is 1. The lowest BCUT2D eigenvalue weighted by Crippen LogP contribution is -2.54. The third-order valence-corrected chi connectivity index (χ3v) is 4.29. The van der Waals surface area contributed by atoms with Crippen LogP contribution in [0.2, 0.25) is 0 Å². The van der Waals surface area contributed by atoms with E-state index < -0.39 is 0 Å². The van der Waals surface area contributed by atoms with Crippen molar-refractivity contribution in [2.24, 2.45) is 0 Å². The zero-order valence-electron chi connectivity index (χ0n) is 13.3. The highest BCUT2D eigenvalue weighted by Crippen LogP contribution is 2.19. The number of aliphatic hydroxyl groups excluding tert-OH is 1. The molecule has 7 nitrogen and oxygen atoms in total. The maximum atomic E-state index is 9.94. The van der Waals surface area contributed by atoms with Crippen LogP contribution >= 0.6 is 0 Å². The SMILES string of the molecule is CCNc1cc(C)nc(N2CCN(C3COCC3O)CC2)n1. The molecule has 7 heteroatoms. The summed E-state index contributed by atoms with van der Waals surface area (Å²) in [5.41, 5.74) is 0.975. The molecule has 0 saturated carbocycles. The van der Waals surface area contributed by atoms with E-state index >= 15 is 0 Å². The molecule has 3 rings (SSSR count). The van der Waals surface area contributed by atoms with Crippen molar-refractivity contribution in [1.82, 2.24) is 14.9 Å². The Bertz CT molecular complexity index is 505. The lowest BCUT2D eigenvalue weighted by Gasteiger charge is -2.38. The average molecular weight is 307 g/mol. The number of hydrogen-bond acceptors (Lipinski definition) is 7. The van der Waals surface area contributed by atoms with Gasteiger partial charge in [-0.1, -0.05) is 0 Å². The Morgan fingerprint density at radius 1 is 1.27 bits per heavy atom. The first-order valence-corrected chi connectivity index (χ1v) is 8.01. The highest BCUT2D eigenvalue weighted by molar-refractivity contribution is 5.43. The molecule has 0 aliphatic carbocycles. The first-order chi connectivity index (χ1) is 10.7. The van der Waals surface area contributed by atoms with Gasteiger partial charge < -0.3 is 20.1 Å². The van der Waals surface area contributed by atoms with Gasteiger partial charge in [0.15, 0.2) is 0 Å². The number of nitrogens with one attached hydrogen (secondary N) is 1. The molecule has 0 amide bonds. The topological polar surface area (TPSA) is 73.8 Å². The van der Waals surface area contributed by atoms with Gasteiger partial charge in [-0.05, 0) is 13.8 Å². The minimum atomic E-state index is -0.359. The Labute approximate surface area is 131 Å². The van der Waals surface area contributed by atoms with Crippen molar-refractivity contribution in [1.29, 1.82) is 0 Å². The smallest absolute Gasteiger partial charge is 0.227 e. The minimum absolute atomic E-state index is 0.137. The summed E-state index contributed by atoms with van der Waals surface area (Å²) < 4.78 is 5.35. The highest BCUT2D eigenvalue weighted by atomic mass is 16.5. The Morgan fingerprint density at radius 2 is 2.05 bits per heavy atom. The first-order valence-electron chi connectivity index (χ1n) is 8.01. The third-order valence-electron chi connectivity index (χ3n) is 4.29. The lowest BCUT2D eigenvalue weighted by atomic mass is 10.1. The van der Waals surface area contributed by atoms with Crippen LogP contribution in [0.3, 0.4) is 0 Å². The molecule has 22 heavy (non-hydrogen) atoms. The Morgan fingerprint density at radius 3 is 2.68 bits per heavy atom. The number of aryl methyl sites for hydroxylation is 1. The number of aromatic nitrogens is 2. The van der Waals surface area contributed by atoms with Crippen LogP contribution in [0.25, 0.3) is 0 Å². The normalized spacial score (nSPS) is 26.4. The molecule has 3 heterocycles. The summed E-state index contributed by atoms with van der Waals surface area (Å²) in [7, 11) is 0. The zero-order valence-corrected chi connectivity index (χ0v) is 13.3. The van der Waals surface area contributed by atoms with Crippen LogP contribution in [0, 0.1) is 6.92 Å². The number of rotatable bonds is 4. The van der Waals surface area contributed by atoms with Gasteiger partial charge in [0.25, 0.3) is 0 Å². The van der Waals surface area contributed by atoms with E-state index in [1.165, 1.54) is 0 Å². The van der Waals surface area contributed by atoms with E-state index in [-0.39, 0.29) is 12.1 Å². The summed E-state index contributed by atoms with van der Waals surface area (Å²) in [4.78, 5) is 13.7. The van der Waals surface area contributed by atoms with Gasteiger partial charge in [-0.3, -0.25) is 4.90 Å². The molecule has 2 saturated heterocycles. The van der Waals surface area contributed by atoms with E-state index in [0.717, 1.165) is 50.2 Å². The minimum Gasteiger partial charge on any atom is -0.389 e. The van der Waals surface area contributed by atoms with Gasteiger partial charge in [0.1, 0.15) is 5.82 Å². The molecule has 0 bridgehead atoms. The van der Waals surface area contributed by atoms with Crippen LogP contribution in [0.15, 0.2) is 6.07 Å². The number of ether oxygens (including phenoxy) is 1. The maximum Gasteiger partial charge on any atom is 0.227 e. The van der Waals surface area contributed by atoms with Gasteiger partial charge in [0.05, 0.1) is 25.4 Å². The second-order valence-electron chi connectivity index (χ2n) is 5.92. The molecular formula is C15H25N5O2. The van der Waals surface area contributed by atoms with Gasteiger partial charge >= 0.3 is 0 Å². The molecule has 0 radical (unpaired) electrons. The summed E-state index contributed by atoms with van der Waals surface area (Å²) >= 11 is 0. The van der Waals surface area contributed by atoms with Crippen LogP contribution in [0.4, 0.5) is 11.8 Å². The summed E-state index contributed by atoms with van der Waals surface area (Å²) in [5, 5.41) is 13.2. The standard InChI is InChI=1S/C15H25N5O2/c1-3-16-14-8-11(2)17-15(18-14)20-6-4-19(5-7-20)12-9-22-10-13(12)21/h8,12-13,21H,3-7,9-10H2,1-2H3,(H,16,17,18). The second kappa shape index (κ2) is 6.76. The Kier molecular flexibility index (Phi) is 4.75. The van der Waals surface area contributed by atoms with E-state index in [2.05, 4.69) is 32.0 Å². The summed E-state index contributed by atoms with van der Waals surface area (Å²) in [6, 6.07) is 2.10. The monoisotopic (exact) mass is 307 g/mol. The zero-order chi connectivity index (χ0) is 15.5. The fourth-order valence-corrected chi connectivity index (χ4v) is 3.10. The quantitative estimate of drug-likeness (QED) is 0.817. The molecule has 2 atom stereocenters. The van der Waals surface area contributed by atoms with Gasteiger partial charge in [-0.2, -0.15) is 4.98 Å². The molecule has 122 valence electrons. The van der Waals surface area contributed by atoms with E-state index in [9.17, 15) is 5.11 Å². The van der Waals surface area contributed by atoms with Crippen LogP contribution in [-0.4, -0.2) is 78.1 Å². The molecule has 2 N–H and O–H groups in total. The fourth-order valence-electron chi connectivity index (χ4n) is 3.10. The molecule has 2 fully saturated rings. The lowest BCUT2D eigenvalue weighted by molar-refractivity contribution is 0.0783. The van der Waals surface area contributed by atoms with E-state index in [1.54, 1.807) is 0 Å². The summed E-state index contributed by atoms with van der Waals surface area (Å²) in [6.45, 7) is 9.54. The molecule has 1 aromatic rings. The van der Waals surface area contributed by atoms with Crippen molar-refractivity contribution in [3.63, 3.8) is 0 Å². The van der Waals surface area contributed by atoms with Crippen molar-refractivity contribution in [3.05, 3.63) is 11.8 Å². The summed E-state index contributed by atoms with van der Waals surface area (Å²) in [5.74, 6) is 1.67. The Hall–Kier alpha value is -1.44. The molecular weight excluding hydrogens is 282 g/mol. The van der Waals surface area contributed by atoms with E-state index in [0.29, 0.717) is 13.2 Å². The van der Waals surface area contributed by atoms with Crippen molar-refractivity contribution in [2.45, 2.75) is 26.0 Å². The number of anilines is 2. The number of nitrogens with zero attached hydrogens (tertiary/aromatic N) is 4. The van der Waals surface area contributed by atoms with E-state index in [4.69, 9.17) is 4.74 Å². The van der Waals surface area contributed by atoms with Crippen LogP contribution in [-0.2, 0) is 4.74 Å². The van der Waals surface area contributed by atoms with Crippen LogP contribution < -0.4 is 10.2 Å². The predicted octanol–water partition coefficient (Wildman–Crippen LogP) is 0.0985. The number of piperazine rings is 1. The summed E-state index contributed by atoms with van der Waals surface area (Å²) in [6.07, 6.45) is -0.359. The fraction of sp³-hybridized carbons (Fsp3) is 0.733. The molecule has 2 aliphatic rings. The molecule has 2 aliphatic heterocycles. The highest BCUT2D eigenvalue weighted by Gasteiger charge is 2.33. The van der Waals surface area contributed by atoms with Crippen LogP contribution in [0.1, 0.15) is 12.6 Å². The van der Waals surface area contributed by atoms with Crippen molar-refractivity contribution >= 4 is 11.8 Å². The van der Waals surface area contributed by atoms with Crippen molar-refractivity contribution < 1.29 is 9.84 Å². The van der Waals surface area contributed by atoms with Gasteiger partial charge in [0.2, 0.25) is 5.95 Å². The number of hydrogen-bond donors (Lipinski definition) is 2. The first kappa shape index (κ1) is 15.5. The van der Waals surface area contributed by atoms with Crippen LogP contribution in [0.5, 0.6) is 0 Å². The average Bonchev–Trinajstić information content (AvgIpc) is 2.93. The molecule has 1 aromatic heterocycles. The molecule has 2 unspecified atom stereocenters. The predicted molar refractivity (Wildman–Crippen MR) is 85.3 cm³/mol. The second-order valence-corrected chi connectivity index (χ2v) is 5.92. The third kappa shape index (κ3) is 3.31. The van der Waals surface area contributed by atoms with Gasteiger partial charge in [-0.25, -0.2) is 4.98 Å². The maximum absolute atomic E-state index is 9.94. The molecule has 0 spiro atoms.